The average molecular weight is 368 g/mol. The number of rotatable bonds is 5. The van der Waals surface area contributed by atoms with Crippen LogP contribution >= 0.6 is 27.5 Å². The molecule has 0 aliphatic heterocycles. The van der Waals surface area contributed by atoms with Gasteiger partial charge in [0.25, 0.3) is 0 Å². The Morgan fingerprint density at radius 3 is 2.62 bits per heavy atom. The van der Waals surface area contributed by atoms with Crippen LogP contribution in [0.1, 0.15) is 17.3 Å². The van der Waals surface area contributed by atoms with Crippen molar-refractivity contribution in [3.05, 3.63) is 63.5 Å². The van der Waals surface area contributed by atoms with Gasteiger partial charge in [0.1, 0.15) is 0 Å². The van der Waals surface area contributed by atoms with Crippen LogP contribution < -0.4 is 0 Å². The van der Waals surface area contributed by atoms with Crippen molar-refractivity contribution in [3.63, 3.8) is 0 Å². The maximum Gasteiger partial charge on any atom is 0.220 e. The number of nitrogens with zero attached hydrogens (tertiary/aromatic N) is 4. The van der Waals surface area contributed by atoms with E-state index in [2.05, 4.69) is 31.2 Å². The summed E-state index contributed by atoms with van der Waals surface area (Å²) in [5.74, 6) is 1.22. The Kier molecular flexibility index (Phi) is 4.36. The minimum absolute atomic E-state index is 0.606. The van der Waals surface area contributed by atoms with Crippen molar-refractivity contribution in [2.45, 2.75) is 19.4 Å². The zero-order chi connectivity index (χ0) is 14.7. The van der Waals surface area contributed by atoms with Gasteiger partial charge in [-0.15, -0.1) is 10.2 Å². The van der Waals surface area contributed by atoms with Gasteiger partial charge in [-0.3, -0.25) is 4.68 Å². The van der Waals surface area contributed by atoms with E-state index in [9.17, 15) is 0 Å². The Morgan fingerprint density at radius 2 is 1.90 bits per heavy atom. The third-order valence-electron chi connectivity index (χ3n) is 2.93. The van der Waals surface area contributed by atoms with Crippen LogP contribution in [0.15, 0.2) is 45.5 Å². The number of aromatic nitrogens is 4. The first-order valence-corrected chi connectivity index (χ1v) is 7.60. The molecule has 5 nitrogen and oxygen atoms in total. The number of hydrogen-bond donors (Lipinski definition) is 0. The van der Waals surface area contributed by atoms with Gasteiger partial charge in [-0.2, -0.15) is 5.10 Å². The van der Waals surface area contributed by atoms with Crippen LogP contribution in [0.25, 0.3) is 0 Å². The summed E-state index contributed by atoms with van der Waals surface area (Å²) in [5, 5.41) is 13.0. The summed E-state index contributed by atoms with van der Waals surface area (Å²) in [5.41, 5.74) is 1.09. The van der Waals surface area contributed by atoms with Gasteiger partial charge >= 0.3 is 0 Å². The summed E-state index contributed by atoms with van der Waals surface area (Å²) in [6, 6.07) is 7.61. The van der Waals surface area contributed by atoms with Crippen LogP contribution in [-0.2, 0) is 19.4 Å². The van der Waals surface area contributed by atoms with E-state index in [1.165, 1.54) is 0 Å². The maximum atomic E-state index is 5.86. The summed E-state index contributed by atoms with van der Waals surface area (Å²) < 4.78 is 8.42. The molecule has 0 N–H and O–H groups in total. The molecule has 0 aliphatic rings. The van der Waals surface area contributed by atoms with Crippen molar-refractivity contribution in [3.8, 4) is 0 Å². The lowest BCUT2D eigenvalue weighted by Crippen LogP contribution is -2.01. The molecule has 3 rings (SSSR count). The molecule has 2 aromatic heterocycles. The highest BCUT2D eigenvalue weighted by Crippen LogP contribution is 2.13. The highest BCUT2D eigenvalue weighted by molar-refractivity contribution is 9.10. The summed E-state index contributed by atoms with van der Waals surface area (Å²) in [4.78, 5) is 0. The zero-order valence-electron chi connectivity index (χ0n) is 11.0. The smallest absolute Gasteiger partial charge is 0.220 e. The van der Waals surface area contributed by atoms with Gasteiger partial charge in [0.05, 0.1) is 17.1 Å². The Labute approximate surface area is 135 Å². The molecule has 0 amide bonds. The second-order valence-corrected chi connectivity index (χ2v) is 5.92. The van der Waals surface area contributed by atoms with E-state index >= 15 is 0 Å². The SMILES string of the molecule is Clc1ccc(Cc2nnc(CCn3cc(Br)cn3)o2)cc1. The monoisotopic (exact) mass is 366 g/mol. The molecule has 0 spiro atoms. The Balaban J connectivity index is 1.59. The molecule has 1 aromatic carbocycles. The summed E-state index contributed by atoms with van der Waals surface area (Å²) in [6.45, 7) is 0.703. The van der Waals surface area contributed by atoms with Crippen molar-refractivity contribution < 1.29 is 4.42 Å². The molecule has 0 radical (unpaired) electrons. The van der Waals surface area contributed by atoms with E-state index in [-0.39, 0.29) is 0 Å². The van der Waals surface area contributed by atoms with Crippen LogP contribution in [-0.4, -0.2) is 20.0 Å². The quantitative estimate of drug-likeness (QED) is 0.692. The molecular formula is C14H12BrClN4O. The highest BCUT2D eigenvalue weighted by atomic mass is 79.9. The fraction of sp³-hybridized carbons (Fsp3) is 0.214. The molecule has 0 saturated carbocycles. The molecule has 0 fully saturated rings. The summed E-state index contributed by atoms with van der Waals surface area (Å²) in [7, 11) is 0. The molecule has 0 atom stereocenters. The predicted molar refractivity (Wildman–Crippen MR) is 82.2 cm³/mol. The lowest BCUT2D eigenvalue weighted by atomic mass is 10.1. The van der Waals surface area contributed by atoms with Crippen LogP contribution in [0.4, 0.5) is 0 Å². The molecule has 0 unspecified atom stereocenters. The molecule has 0 bridgehead atoms. The van der Waals surface area contributed by atoms with Gasteiger partial charge in [-0.25, -0.2) is 0 Å². The number of halogens is 2. The van der Waals surface area contributed by atoms with Gasteiger partial charge in [0, 0.05) is 24.2 Å². The molecule has 21 heavy (non-hydrogen) atoms. The van der Waals surface area contributed by atoms with Crippen molar-refractivity contribution in [1.29, 1.82) is 0 Å². The van der Waals surface area contributed by atoms with Gasteiger partial charge in [-0.05, 0) is 33.6 Å². The van der Waals surface area contributed by atoms with Gasteiger partial charge < -0.3 is 4.42 Å². The van der Waals surface area contributed by atoms with Crippen LogP contribution in [0.3, 0.4) is 0 Å². The number of aryl methyl sites for hydroxylation is 2. The fourth-order valence-electron chi connectivity index (χ4n) is 1.91. The zero-order valence-corrected chi connectivity index (χ0v) is 13.4. The first kappa shape index (κ1) is 14.3. The maximum absolute atomic E-state index is 5.86. The summed E-state index contributed by atoms with van der Waals surface area (Å²) >= 11 is 9.22. The minimum Gasteiger partial charge on any atom is -0.425 e. The van der Waals surface area contributed by atoms with Crippen molar-refractivity contribution in [2.24, 2.45) is 0 Å². The lowest BCUT2D eigenvalue weighted by Gasteiger charge is -1.98. The average Bonchev–Trinajstić information content (AvgIpc) is 3.08. The van der Waals surface area contributed by atoms with Gasteiger partial charge in [0.2, 0.25) is 11.8 Å². The molecular weight excluding hydrogens is 356 g/mol. The van der Waals surface area contributed by atoms with Gasteiger partial charge in [0.15, 0.2) is 0 Å². The molecule has 0 aliphatic carbocycles. The van der Waals surface area contributed by atoms with Crippen molar-refractivity contribution in [1.82, 2.24) is 20.0 Å². The largest absolute Gasteiger partial charge is 0.425 e. The van der Waals surface area contributed by atoms with E-state index in [0.29, 0.717) is 31.2 Å². The standard InChI is InChI=1S/C14H12BrClN4O/c15-11-8-17-20(9-11)6-5-13-18-19-14(21-13)7-10-1-3-12(16)4-2-10/h1-4,8-9H,5-7H2. The third kappa shape index (κ3) is 3.92. The topological polar surface area (TPSA) is 56.7 Å². The Bertz CT molecular complexity index is 723. The second kappa shape index (κ2) is 6.41. The van der Waals surface area contributed by atoms with E-state index in [1.807, 2.05) is 35.1 Å². The predicted octanol–water partition coefficient (Wildman–Crippen LogP) is 3.52. The first-order chi connectivity index (χ1) is 10.2. The highest BCUT2D eigenvalue weighted by Gasteiger charge is 2.07. The van der Waals surface area contributed by atoms with E-state index in [0.717, 1.165) is 15.1 Å². The van der Waals surface area contributed by atoms with Crippen LogP contribution in [0, 0.1) is 0 Å². The van der Waals surface area contributed by atoms with Gasteiger partial charge in [-0.1, -0.05) is 23.7 Å². The molecule has 3 aromatic rings. The van der Waals surface area contributed by atoms with E-state index < -0.39 is 0 Å². The van der Waals surface area contributed by atoms with E-state index in [1.54, 1.807) is 6.20 Å². The first-order valence-electron chi connectivity index (χ1n) is 6.43. The normalized spacial score (nSPS) is 11.0. The third-order valence-corrected chi connectivity index (χ3v) is 3.60. The van der Waals surface area contributed by atoms with E-state index in [4.69, 9.17) is 16.0 Å². The molecule has 2 heterocycles. The molecule has 0 saturated heterocycles. The molecule has 108 valence electrons. The lowest BCUT2D eigenvalue weighted by molar-refractivity contribution is 0.439. The summed E-state index contributed by atoms with van der Waals surface area (Å²) in [6.07, 6.45) is 4.92. The number of hydrogen-bond acceptors (Lipinski definition) is 4. The van der Waals surface area contributed by atoms with Crippen LogP contribution in [0.5, 0.6) is 0 Å². The minimum atomic E-state index is 0.606. The number of benzene rings is 1. The Morgan fingerprint density at radius 1 is 1.14 bits per heavy atom. The van der Waals surface area contributed by atoms with Crippen molar-refractivity contribution >= 4 is 27.5 Å². The van der Waals surface area contributed by atoms with Crippen molar-refractivity contribution in [2.75, 3.05) is 0 Å². The fourth-order valence-corrected chi connectivity index (χ4v) is 2.36. The van der Waals surface area contributed by atoms with Crippen LogP contribution in [0.2, 0.25) is 5.02 Å². The molecule has 7 heteroatoms. The second-order valence-electron chi connectivity index (χ2n) is 4.56. The Hall–Kier alpha value is -1.66.